The zero-order valence-corrected chi connectivity index (χ0v) is 15.8. The van der Waals surface area contributed by atoms with Crippen LogP contribution in [0.3, 0.4) is 0 Å². The number of rotatable bonds is 6. The molecule has 1 N–H and O–H groups in total. The van der Waals surface area contributed by atoms with Crippen LogP contribution in [0, 0.1) is 5.82 Å². The number of hydrogen-bond acceptors (Lipinski definition) is 4. The van der Waals surface area contributed by atoms with Crippen LogP contribution >= 0.6 is 0 Å². The van der Waals surface area contributed by atoms with Crippen molar-refractivity contribution >= 4 is 11.6 Å². The Bertz CT molecular complexity index is 1010. The fourth-order valence-electron chi connectivity index (χ4n) is 2.74. The number of aromatic nitrogens is 3. The predicted molar refractivity (Wildman–Crippen MR) is 98.9 cm³/mol. The summed E-state index contributed by atoms with van der Waals surface area (Å²) in [5.41, 5.74) is -1.05. The first kappa shape index (κ1) is 20.7. The number of benzene rings is 1. The summed E-state index contributed by atoms with van der Waals surface area (Å²) >= 11 is 0. The quantitative estimate of drug-likeness (QED) is 0.502. The molecular weight excluding hydrogens is 390 g/mol. The van der Waals surface area contributed by atoms with Gasteiger partial charge < -0.3 is 10.2 Å². The van der Waals surface area contributed by atoms with Gasteiger partial charge in [-0.25, -0.2) is 13.9 Å². The van der Waals surface area contributed by atoms with Crippen molar-refractivity contribution in [1.29, 1.82) is 0 Å². The molecule has 0 fully saturated rings. The Morgan fingerprint density at radius 2 is 1.86 bits per heavy atom. The average Bonchev–Trinajstić information content (AvgIpc) is 3.08. The highest BCUT2D eigenvalue weighted by Crippen LogP contribution is 2.32. The molecule has 0 aliphatic carbocycles. The first-order valence-corrected chi connectivity index (χ1v) is 8.82. The van der Waals surface area contributed by atoms with E-state index in [-0.39, 0.29) is 17.0 Å². The van der Waals surface area contributed by atoms with Crippen molar-refractivity contribution in [2.24, 2.45) is 0 Å². The Labute approximate surface area is 164 Å². The zero-order valence-electron chi connectivity index (χ0n) is 15.8. The molecule has 2 aromatic heterocycles. The van der Waals surface area contributed by atoms with Gasteiger partial charge in [-0.2, -0.15) is 18.3 Å². The molecule has 1 aromatic carbocycles. The van der Waals surface area contributed by atoms with E-state index in [2.05, 4.69) is 15.4 Å². The van der Waals surface area contributed by atoms with Gasteiger partial charge in [0.1, 0.15) is 5.82 Å². The third-order valence-corrected chi connectivity index (χ3v) is 4.16. The van der Waals surface area contributed by atoms with E-state index in [1.54, 1.807) is 0 Å². The molecule has 0 unspecified atom stereocenters. The molecular formula is C19H19F4N5O. The van der Waals surface area contributed by atoms with Gasteiger partial charge >= 0.3 is 6.18 Å². The number of amides is 1. The fraction of sp³-hybridized carbons (Fsp3) is 0.316. The summed E-state index contributed by atoms with van der Waals surface area (Å²) in [6, 6.07) is 6.97. The number of carbonyl (C=O) groups excluding carboxylic acids is 1. The highest BCUT2D eigenvalue weighted by molar-refractivity contribution is 5.93. The van der Waals surface area contributed by atoms with Crippen molar-refractivity contribution < 1.29 is 22.4 Å². The molecule has 3 aromatic rings. The molecule has 0 radical (unpaired) electrons. The molecule has 6 nitrogen and oxygen atoms in total. The number of nitrogens with one attached hydrogen (secondary N) is 1. The standard InChI is InChI=1S/C19H19F4N5O/c1-27(2)9-3-8-24-18(29)15-11-17-25-14(12-4-6-13(20)7-5-12)10-16(19(21,22)23)28(17)26-15/h4-7,10-11H,3,8-9H2,1-2H3,(H,24,29). The van der Waals surface area contributed by atoms with Crippen LogP contribution in [0.4, 0.5) is 17.6 Å². The molecule has 0 saturated carbocycles. The first-order valence-electron chi connectivity index (χ1n) is 8.82. The smallest absolute Gasteiger partial charge is 0.351 e. The van der Waals surface area contributed by atoms with Crippen molar-refractivity contribution in [3.8, 4) is 11.3 Å². The Morgan fingerprint density at radius 1 is 1.17 bits per heavy atom. The van der Waals surface area contributed by atoms with Crippen LogP contribution in [0.15, 0.2) is 36.4 Å². The minimum absolute atomic E-state index is 0.00247. The molecule has 3 rings (SSSR count). The summed E-state index contributed by atoms with van der Waals surface area (Å²) < 4.78 is 54.4. The second-order valence-corrected chi connectivity index (χ2v) is 6.74. The summed E-state index contributed by atoms with van der Waals surface area (Å²) in [5.74, 6) is -1.09. The maximum atomic E-state index is 13.6. The molecule has 0 atom stereocenters. The van der Waals surface area contributed by atoms with Crippen LogP contribution in [0.1, 0.15) is 22.6 Å². The van der Waals surface area contributed by atoms with Gasteiger partial charge in [0.05, 0.1) is 5.69 Å². The highest BCUT2D eigenvalue weighted by atomic mass is 19.4. The Balaban J connectivity index is 1.95. The third-order valence-electron chi connectivity index (χ3n) is 4.16. The normalized spacial score (nSPS) is 12.0. The molecule has 0 spiro atoms. The largest absolute Gasteiger partial charge is 0.433 e. The maximum absolute atomic E-state index is 13.6. The molecule has 0 aliphatic heterocycles. The summed E-state index contributed by atoms with van der Waals surface area (Å²) in [5, 5.41) is 6.43. The first-order chi connectivity index (χ1) is 13.6. The third kappa shape index (κ3) is 4.89. The molecule has 1 amide bonds. The van der Waals surface area contributed by atoms with Crippen LogP contribution in [0.25, 0.3) is 16.9 Å². The van der Waals surface area contributed by atoms with Gasteiger partial charge in [0, 0.05) is 18.2 Å². The molecule has 154 valence electrons. The molecule has 2 heterocycles. The van der Waals surface area contributed by atoms with Gasteiger partial charge in [-0.15, -0.1) is 0 Å². The highest BCUT2D eigenvalue weighted by Gasteiger charge is 2.35. The molecule has 10 heteroatoms. The second-order valence-electron chi connectivity index (χ2n) is 6.74. The Hall–Kier alpha value is -3.01. The van der Waals surface area contributed by atoms with Gasteiger partial charge in [0.2, 0.25) is 0 Å². The van der Waals surface area contributed by atoms with Crippen molar-refractivity contribution in [2.45, 2.75) is 12.6 Å². The van der Waals surface area contributed by atoms with Crippen LogP contribution < -0.4 is 5.32 Å². The lowest BCUT2D eigenvalue weighted by Crippen LogP contribution is -2.27. The Kier molecular flexibility index (Phi) is 5.83. The van der Waals surface area contributed by atoms with Gasteiger partial charge in [-0.05, 0) is 57.4 Å². The van der Waals surface area contributed by atoms with Crippen LogP contribution in [-0.4, -0.2) is 52.6 Å². The van der Waals surface area contributed by atoms with Crippen molar-refractivity contribution in [3.63, 3.8) is 0 Å². The van der Waals surface area contributed by atoms with E-state index in [1.165, 1.54) is 18.2 Å². The number of carbonyl (C=O) groups is 1. The summed E-state index contributed by atoms with van der Waals surface area (Å²) in [6.07, 6.45) is -4.03. The van der Waals surface area contributed by atoms with Crippen LogP contribution in [0.2, 0.25) is 0 Å². The molecule has 29 heavy (non-hydrogen) atoms. The van der Waals surface area contributed by atoms with Gasteiger partial charge in [0.15, 0.2) is 17.0 Å². The molecule has 0 bridgehead atoms. The fourth-order valence-corrected chi connectivity index (χ4v) is 2.74. The van der Waals surface area contributed by atoms with Gasteiger partial charge in [-0.1, -0.05) is 0 Å². The summed E-state index contributed by atoms with van der Waals surface area (Å²) in [6.45, 7) is 1.12. The van der Waals surface area contributed by atoms with Crippen molar-refractivity contribution in [2.75, 3.05) is 27.2 Å². The van der Waals surface area contributed by atoms with Gasteiger partial charge in [-0.3, -0.25) is 4.79 Å². The minimum atomic E-state index is -4.72. The van der Waals surface area contributed by atoms with E-state index in [9.17, 15) is 22.4 Å². The van der Waals surface area contributed by atoms with E-state index in [4.69, 9.17) is 0 Å². The maximum Gasteiger partial charge on any atom is 0.433 e. The van der Waals surface area contributed by atoms with E-state index in [1.807, 2.05) is 19.0 Å². The average molecular weight is 409 g/mol. The number of nitrogens with zero attached hydrogens (tertiary/aromatic N) is 4. The van der Waals surface area contributed by atoms with Gasteiger partial charge in [0.25, 0.3) is 5.91 Å². The minimum Gasteiger partial charge on any atom is -0.351 e. The van der Waals surface area contributed by atoms with Crippen molar-refractivity contribution in [3.05, 3.63) is 53.6 Å². The second kappa shape index (κ2) is 8.16. The van der Waals surface area contributed by atoms with E-state index in [0.717, 1.165) is 24.7 Å². The predicted octanol–water partition coefficient (Wildman–Crippen LogP) is 3.24. The topological polar surface area (TPSA) is 62.5 Å². The van der Waals surface area contributed by atoms with E-state index < -0.39 is 23.6 Å². The SMILES string of the molecule is CN(C)CCCNC(=O)c1cc2nc(-c3ccc(F)cc3)cc(C(F)(F)F)n2n1. The molecule has 0 saturated heterocycles. The molecule has 0 aliphatic rings. The van der Waals surface area contributed by atoms with E-state index >= 15 is 0 Å². The lowest BCUT2D eigenvalue weighted by Gasteiger charge is -2.11. The van der Waals surface area contributed by atoms with Crippen LogP contribution in [0.5, 0.6) is 0 Å². The number of alkyl halides is 3. The lowest BCUT2D eigenvalue weighted by molar-refractivity contribution is -0.142. The lowest BCUT2D eigenvalue weighted by atomic mass is 10.1. The number of fused-ring (bicyclic) bond motifs is 1. The van der Waals surface area contributed by atoms with E-state index in [0.29, 0.717) is 23.0 Å². The van der Waals surface area contributed by atoms with Crippen LogP contribution in [-0.2, 0) is 6.18 Å². The number of halogens is 4. The summed E-state index contributed by atoms with van der Waals surface area (Å²) in [4.78, 5) is 18.4. The monoisotopic (exact) mass is 409 g/mol. The van der Waals surface area contributed by atoms with Crippen molar-refractivity contribution in [1.82, 2.24) is 24.8 Å². The number of hydrogen-bond donors (Lipinski definition) is 1. The Morgan fingerprint density at radius 3 is 2.48 bits per heavy atom. The zero-order chi connectivity index (χ0) is 21.2. The summed E-state index contributed by atoms with van der Waals surface area (Å²) in [7, 11) is 3.79.